The third kappa shape index (κ3) is 2.76. The first-order valence-corrected chi connectivity index (χ1v) is 6.12. The summed E-state index contributed by atoms with van der Waals surface area (Å²) in [5.74, 6) is 1.34. The molecule has 0 aliphatic carbocycles. The molecule has 2 unspecified atom stereocenters. The first kappa shape index (κ1) is 14.8. The molecular weight excluding hydrogens is 230 g/mol. The van der Waals surface area contributed by atoms with Crippen LogP contribution in [0.2, 0.25) is 0 Å². The Balaban J connectivity index is 3.21. The van der Waals surface area contributed by atoms with Gasteiger partial charge in [-0.1, -0.05) is 13.8 Å². The Labute approximate surface area is 109 Å². The summed E-state index contributed by atoms with van der Waals surface area (Å²) >= 11 is 0. The number of nitrogens with two attached hydrogens (primary N) is 1. The molecule has 0 spiro atoms. The molecule has 0 fully saturated rings. The number of rotatable bonds is 6. The van der Waals surface area contributed by atoms with Crippen molar-refractivity contribution in [2.45, 2.75) is 26.4 Å². The van der Waals surface area contributed by atoms with Crippen molar-refractivity contribution in [3.63, 3.8) is 0 Å². The minimum absolute atomic E-state index is 0.375. The Morgan fingerprint density at radius 2 is 2.00 bits per heavy atom. The standard InChI is InChI=1S/C14H23NO3/c1-5-14(2,9-15)13(16)11-8-10(17-3)6-7-12(11)18-4/h6-8,13,16H,5,9,15H2,1-4H3. The van der Waals surface area contributed by atoms with Crippen molar-refractivity contribution in [3.05, 3.63) is 23.8 Å². The smallest absolute Gasteiger partial charge is 0.124 e. The number of aliphatic hydroxyl groups excluding tert-OH is 1. The van der Waals surface area contributed by atoms with E-state index in [1.807, 2.05) is 13.8 Å². The van der Waals surface area contributed by atoms with Crippen LogP contribution in [-0.2, 0) is 0 Å². The van der Waals surface area contributed by atoms with Crippen LogP contribution < -0.4 is 15.2 Å². The maximum Gasteiger partial charge on any atom is 0.124 e. The van der Waals surface area contributed by atoms with Crippen LogP contribution in [0.25, 0.3) is 0 Å². The third-order valence-electron chi connectivity index (χ3n) is 3.67. The molecule has 1 aromatic carbocycles. The van der Waals surface area contributed by atoms with E-state index in [0.717, 1.165) is 6.42 Å². The molecule has 0 saturated carbocycles. The van der Waals surface area contributed by atoms with Crippen molar-refractivity contribution in [1.29, 1.82) is 0 Å². The monoisotopic (exact) mass is 253 g/mol. The van der Waals surface area contributed by atoms with Gasteiger partial charge in [0.2, 0.25) is 0 Å². The molecule has 0 aromatic heterocycles. The highest BCUT2D eigenvalue weighted by molar-refractivity contribution is 5.42. The Kier molecular flexibility index (Phi) is 4.99. The quantitative estimate of drug-likeness (QED) is 0.815. The van der Waals surface area contributed by atoms with Gasteiger partial charge in [-0.25, -0.2) is 0 Å². The molecule has 0 amide bonds. The molecule has 102 valence electrons. The van der Waals surface area contributed by atoms with Crippen LogP contribution in [0.4, 0.5) is 0 Å². The summed E-state index contributed by atoms with van der Waals surface area (Å²) in [4.78, 5) is 0. The van der Waals surface area contributed by atoms with E-state index in [4.69, 9.17) is 15.2 Å². The summed E-state index contributed by atoms with van der Waals surface area (Å²) < 4.78 is 10.5. The zero-order chi connectivity index (χ0) is 13.8. The van der Waals surface area contributed by atoms with Crippen LogP contribution in [0, 0.1) is 5.41 Å². The van der Waals surface area contributed by atoms with Gasteiger partial charge < -0.3 is 20.3 Å². The lowest BCUT2D eigenvalue weighted by molar-refractivity contribution is 0.0371. The maximum atomic E-state index is 10.6. The number of methoxy groups -OCH3 is 2. The maximum absolute atomic E-state index is 10.6. The molecule has 0 aliphatic rings. The van der Waals surface area contributed by atoms with Crippen molar-refractivity contribution in [1.82, 2.24) is 0 Å². The highest BCUT2D eigenvalue weighted by Crippen LogP contribution is 2.40. The fraction of sp³-hybridized carbons (Fsp3) is 0.571. The predicted octanol–water partition coefficient (Wildman–Crippen LogP) is 2.11. The van der Waals surface area contributed by atoms with Crippen molar-refractivity contribution < 1.29 is 14.6 Å². The number of hydrogen-bond donors (Lipinski definition) is 2. The normalized spacial score (nSPS) is 15.9. The van der Waals surface area contributed by atoms with Gasteiger partial charge in [0.15, 0.2) is 0 Å². The summed E-state index contributed by atoms with van der Waals surface area (Å²) in [6.07, 6.45) is 0.0999. The predicted molar refractivity (Wildman–Crippen MR) is 72.0 cm³/mol. The minimum atomic E-state index is -0.683. The SMILES string of the molecule is CCC(C)(CN)C(O)c1cc(OC)ccc1OC. The summed E-state index contributed by atoms with van der Waals surface area (Å²) in [6, 6.07) is 5.40. The second-order valence-corrected chi connectivity index (χ2v) is 4.72. The van der Waals surface area contributed by atoms with E-state index in [2.05, 4.69) is 0 Å². The Morgan fingerprint density at radius 3 is 2.44 bits per heavy atom. The highest BCUT2D eigenvalue weighted by atomic mass is 16.5. The first-order valence-electron chi connectivity index (χ1n) is 6.12. The number of ether oxygens (including phenoxy) is 2. The van der Waals surface area contributed by atoms with Gasteiger partial charge in [0.1, 0.15) is 11.5 Å². The van der Waals surface area contributed by atoms with Crippen molar-refractivity contribution in [3.8, 4) is 11.5 Å². The topological polar surface area (TPSA) is 64.7 Å². The van der Waals surface area contributed by atoms with Crippen molar-refractivity contribution in [2.75, 3.05) is 20.8 Å². The van der Waals surface area contributed by atoms with Crippen LogP contribution in [-0.4, -0.2) is 25.9 Å². The van der Waals surface area contributed by atoms with E-state index < -0.39 is 6.10 Å². The van der Waals surface area contributed by atoms with Crippen LogP contribution in [0.1, 0.15) is 31.9 Å². The number of benzene rings is 1. The molecular formula is C14H23NO3. The lowest BCUT2D eigenvalue weighted by Crippen LogP contribution is -2.33. The Morgan fingerprint density at radius 1 is 1.33 bits per heavy atom. The van der Waals surface area contributed by atoms with Gasteiger partial charge in [-0.05, 0) is 24.6 Å². The Hall–Kier alpha value is -1.26. The van der Waals surface area contributed by atoms with E-state index in [0.29, 0.717) is 23.6 Å². The second-order valence-electron chi connectivity index (χ2n) is 4.72. The summed E-state index contributed by atoms with van der Waals surface area (Å²) in [5, 5.41) is 10.6. The molecule has 2 atom stereocenters. The van der Waals surface area contributed by atoms with Crippen LogP contribution in [0.15, 0.2) is 18.2 Å². The van der Waals surface area contributed by atoms with Crippen LogP contribution in [0.3, 0.4) is 0 Å². The molecule has 0 heterocycles. The molecule has 1 aromatic rings. The van der Waals surface area contributed by atoms with Gasteiger partial charge in [0, 0.05) is 17.5 Å². The summed E-state index contributed by atoms with van der Waals surface area (Å²) in [5.41, 5.74) is 6.12. The fourth-order valence-corrected chi connectivity index (χ4v) is 1.88. The lowest BCUT2D eigenvalue weighted by atomic mass is 9.78. The van der Waals surface area contributed by atoms with Gasteiger partial charge in [0.25, 0.3) is 0 Å². The molecule has 0 radical (unpaired) electrons. The average Bonchev–Trinajstić information content (AvgIpc) is 2.44. The highest BCUT2D eigenvalue weighted by Gasteiger charge is 2.33. The molecule has 1 rings (SSSR count). The van der Waals surface area contributed by atoms with Crippen LogP contribution >= 0.6 is 0 Å². The average molecular weight is 253 g/mol. The Bertz CT molecular complexity index is 389. The molecule has 18 heavy (non-hydrogen) atoms. The zero-order valence-electron chi connectivity index (χ0n) is 11.6. The molecule has 0 bridgehead atoms. The van der Waals surface area contributed by atoms with E-state index in [9.17, 15) is 5.11 Å². The molecule has 4 heteroatoms. The number of hydrogen-bond acceptors (Lipinski definition) is 4. The summed E-state index contributed by atoms with van der Waals surface area (Å²) in [6.45, 7) is 4.39. The van der Waals surface area contributed by atoms with E-state index in [1.54, 1.807) is 32.4 Å². The first-order chi connectivity index (χ1) is 8.52. The second kappa shape index (κ2) is 6.07. The molecule has 0 aliphatic heterocycles. The molecule has 4 nitrogen and oxygen atoms in total. The van der Waals surface area contributed by atoms with E-state index in [1.165, 1.54) is 0 Å². The van der Waals surface area contributed by atoms with Crippen molar-refractivity contribution >= 4 is 0 Å². The van der Waals surface area contributed by atoms with Gasteiger partial charge in [-0.15, -0.1) is 0 Å². The third-order valence-corrected chi connectivity index (χ3v) is 3.67. The van der Waals surface area contributed by atoms with Gasteiger partial charge in [-0.3, -0.25) is 0 Å². The van der Waals surface area contributed by atoms with Crippen LogP contribution in [0.5, 0.6) is 11.5 Å². The van der Waals surface area contributed by atoms with Crippen molar-refractivity contribution in [2.24, 2.45) is 11.1 Å². The van der Waals surface area contributed by atoms with Gasteiger partial charge in [0.05, 0.1) is 20.3 Å². The van der Waals surface area contributed by atoms with E-state index >= 15 is 0 Å². The van der Waals surface area contributed by atoms with Gasteiger partial charge in [-0.2, -0.15) is 0 Å². The lowest BCUT2D eigenvalue weighted by Gasteiger charge is -2.33. The summed E-state index contributed by atoms with van der Waals surface area (Å²) in [7, 11) is 3.18. The number of aliphatic hydroxyl groups is 1. The minimum Gasteiger partial charge on any atom is -0.497 e. The van der Waals surface area contributed by atoms with E-state index in [-0.39, 0.29) is 5.41 Å². The van der Waals surface area contributed by atoms with Gasteiger partial charge >= 0.3 is 0 Å². The molecule has 0 saturated heterocycles. The zero-order valence-corrected chi connectivity index (χ0v) is 11.6. The molecule has 3 N–H and O–H groups in total. The largest absolute Gasteiger partial charge is 0.497 e. The fourth-order valence-electron chi connectivity index (χ4n) is 1.88.